The lowest BCUT2D eigenvalue weighted by atomic mass is 9.94. The van der Waals surface area contributed by atoms with Crippen LogP contribution >= 0.6 is 0 Å². The second kappa shape index (κ2) is 7.29. The quantitative estimate of drug-likeness (QED) is 0.924. The van der Waals surface area contributed by atoms with Crippen molar-refractivity contribution in [2.75, 3.05) is 13.1 Å². The number of aromatic nitrogens is 1. The topological polar surface area (TPSA) is 45.2 Å². The largest absolute Gasteiger partial charge is 0.414 e. The molecule has 0 bridgehead atoms. The van der Waals surface area contributed by atoms with Crippen molar-refractivity contribution in [2.45, 2.75) is 44.9 Å². The molecule has 1 fully saturated rings. The minimum Gasteiger partial charge on any atom is -0.339 e. The summed E-state index contributed by atoms with van der Waals surface area (Å²) < 4.78 is 39.7. The number of pyridine rings is 1. The number of amides is 1. The molecule has 4 nitrogen and oxygen atoms in total. The number of halogens is 3. The van der Waals surface area contributed by atoms with Crippen LogP contribution in [0.1, 0.15) is 38.4 Å². The fourth-order valence-electron chi connectivity index (χ4n) is 2.81. The molecule has 1 atom stereocenters. The first-order chi connectivity index (χ1) is 10.8. The zero-order chi connectivity index (χ0) is 17.0. The Kier molecular flexibility index (Phi) is 5.62. The maximum absolute atomic E-state index is 13.2. The van der Waals surface area contributed by atoms with Gasteiger partial charge in [-0.3, -0.25) is 9.78 Å². The molecular weight excluding hydrogens is 307 g/mol. The van der Waals surface area contributed by atoms with Crippen molar-refractivity contribution < 1.29 is 18.0 Å². The molecule has 23 heavy (non-hydrogen) atoms. The average Bonchev–Trinajstić information content (AvgIpc) is 2.52. The molecule has 0 aromatic carbocycles. The molecule has 0 radical (unpaired) electrons. The average molecular weight is 329 g/mol. The van der Waals surface area contributed by atoms with Gasteiger partial charge in [-0.1, -0.05) is 6.07 Å². The number of nitrogens with one attached hydrogen (secondary N) is 1. The summed E-state index contributed by atoms with van der Waals surface area (Å²) in [6, 6.07) is 2.63. The summed E-state index contributed by atoms with van der Waals surface area (Å²) >= 11 is 0. The number of nitrogens with zero attached hydrogens (tertiary/aromatic N) is 2. The molecule has 128 valence electrons. The Bertz CT molecular complexity index is 511. The summed E-state index contributed by atoms with van der Waals surface area (Å²) in [6.45, 7) is 5.61. The molecule has 7 heteroatoms. The van der Waals surface area contributed by atoms with Crippen LogP contribution in [-0.4, -0.2) is 41.1 Å². The van der Waals surface area contributed by atoms with Gasteiger partial charge in [0.05, 0.1) is 5.69 Å². The van der Waals surface area contributed by atoms with Crippen LogP contribution in [0.5, 0.6) is 0 Å². The van der Waals surface area contributed by atoms with Gasteiger partial charge in [-0.05, 0) is 51.9 Å². The number of alkyl halides is 3. The molecule has 1 amide bonds. The molecule has 1 unspecified atom stereocenters. The molecule has 0 spiro atoms. The van der Waals surface area contributed by atoms with Crippen LogP contribution in [-0.2, 0) is 4.79 Å². The summed E-state index contributed by atoms with van der Waals surface area (Å²) in [5.74, 6) is -0.917. The highest BCUT2D eigenvalue weighted by Gasteiger charge is 2.43. The number of likely N-dealkylation sites (tertiary alicyclic amines) is 1. The van der Waals surface area contributed by atoms with E-state index in [0.29, 0.717) is 18.9 Å². The minimum absolute atomic E-state index is 0.187. The molecule has 2 rings (SSSR count). The minimum atomic E-state index is -4.57. The van der Waals surface area contributed by atoms with Crippen molar-refractivity contribution in [3.05, 3.63) is 30.1 Å². The summed E-state index contributed by atoms with van der Waals surface area (Å²) in [6.07, 6.45) is -2.11. The van der Waals surface area contributed by atoms with Crippen molar-refractivity contribution in [3.63, 3.8) is 0 Å². The summed E-state index contributed by atoms with van der Waals surface area (Å²) in [5, 5.41) is 2.14. The van der Waals surface area contributed by atoms with E-state index in [0.717, 1.165) is 13.1 Å². The zero-order valence-corrected chi connectivity index (χ0v) is 13.3. The van der Waals surface area contributed by atoms with Crippen LogP contribution in [0.3, 0.4) is 0 Å². The van der Waals surface area contributed by atoms with Crippen molar-refractivity contribution in [1.29, 1.82) is 0 Å². The summed E-state index contributed by atoms with van der Waals surface area (Å²) in [5.41, 5.74) is -0.187. The van der Waals surface area contributed by atoms with Gasteiger partial charge in [0, 0.05) is 18.2 Å². The predicted molar refractivity (Wildman–Crippen MR) is 80.6 cm³/mol. The lowest BCUT2D eigenvalue weighted by molar-refractivity contribution is -0.165. The Balaban J connectivity index is 2.02. The molecule has 1 saturated heterocycles. The van der Waals surface area contributed by atoms with Crippen LogP contribution in [0.2, 0.25) is 0 Å². The fourth-order valence-corrected chi connectivity index (χ4v) is 2.81. The van der Waals surface area contributed by atoms with Gasteiger partial charge in [-0.25, -0.2) is 0 Å². The molecule has 0 aliphatic carbocycles. The first-order valence-electron chi connectivity index (χ1n) is 7.81. The van der Waals surface area contributed by atoms with Gasteiger partial charge in [-0.15, -0.1) is 0 Å². The van der Waals surface area contributed by atoms with Gasteiger partial charge < -0.3 is 10.2 Å². The third-order valence-electron chi connectivity index (χ3n) is 4.23. The maximum Gasteiger partial charge on any atom is 0.414 e. The Morgan fingerprint density at radius 3 is 2.43 bits per heavy atom. The van der Waals surface area contributed by atoms with E-state index in [4.69, 9.17) is 0 Å². The number of hydrogen-bond donors (Lipinski definition) is 1. The SMILES string of the molecule is CC(C)N1CCC(C(=O)NC(c2ccccn2)C(F)(F)F)CC1. The van der Waals surface area contributed by atoms with Gasteiger partial charge >= 0.3 is 6.18 Å². The Morgan fingerprint density at radius 1 is 1.30 bits per heavy atom. The molecule has 1 N–H and O–H groups in total. The van der Waals surface area contributed by atoms with E-state index in [9.17, 15) is 18.0 Å². The monoisotopic (exact) mass is 329 g/mol. The van der Waals surface area contributed by atoms with Gasteiger partial charge in [0.25, 0.3) is 0 Å². The van der Waals surface area contributed by atoms with E-state index < -0.39 is 18.1 Å². The van der Waals surface area contributed by atoms with Crippen molar-refractivity contribution in [2.24, 2.45) is 5.92 Å². The standard InChI is InChI=1S/C16H22F3N3O/c1-11(2)22-9-6-12(7-10-22)15(23)21-14(16(17,18)19)13-5-3-4-8-20-13/h3-5,8,11-12,14H,6-7,9-10H2,1-2H3,(H,21,23). The number of rotatable bonds is 4. The predicted octanol–water partition coefficient (Wildman–Crippen LogP) is 2.92. The normalized spacial score (nSPS) is 18.9. The van der Waals surface area contributed by atoms with E-state index in [2.05, 4.69) is 29.0 Å². The highest BCUT2D eigenvalue weighted by Crippen LogP contribution is 2.32. The molecule has 0 saturated carbocycles. The Morgan fingerprint density at radius 2 is 1.96 bits per heavy atom. The lowest BCUT2D eigenvalue weighted by Crippen LogP contribution is -2.46. The zero-order valence-electron chi connectivity index (χ0n) is 13.3. The molecule has 2 heterocycles. The smallest absolute Gasteiger partial charge is 0.339 e. The summed E-state index contributed by atoms with van der Waals surface area (Å²) in [4.78, 5) is 18.2. The molecule has 1 aromatic rings. The number of hydrogen-bond acceptors (Lipinski definition) is 3. The lowest BCUT2D eigenvalue weighted by Gasteiger charge is -2.34. The van der Waals surface area contributed by atoms with Gasteiger partial charge in [-0.2, -0.15) is 13.2 Å². The Labute approximate surface area is 134 Å². The van der Waals surface area contributed by atoms with Gasteiger partial charge in [0.2, 0.25) is 5.91 Å². The van der Waals surface area contributed by atoms with Crippen molar-refractivity contribution in [1.82, 2.24) is 15.2 Å². The highest BCUT2D eigenvalue weighted by molar-refractivity contribution is 5.79. The van der Waals surface area contributed by atoms with Crippen molar-refractivity contribution in [3.8, 4) is 0 Å². The van der Waals surface area contributed by atoms with Crippen LogP contribution < -0.4 is 5.32 Å². The van der Waals surface area contributed by atoms with Gasteiger partial charge in [0.15, 0.2) is 6.04 Å². The number of carbonyl (C=O) groups excluding carboxylic acids is 1. The van der Waals surface area contributed by atoms with E-state index in [1.165, 1.54) is 18.3 Å². The third kappa shape index (κ3) is 4.67. The molecule has 1 aromatic heterocycles. The van der Waals surface area contributed by atoms with E-state index in [1.807, 2.05) is 0 Å². The first kappa shape index (κ1) is 17.7. The first-order valence-corrected chi connectivity index (χ1v) is 7.81. The summed E-state index contributed by atoms with van der Waals surface area (Å²) in [7, 11) is 0. The highest BCUT2D eigenvalue weighted by atomic mass is 19.4. The second-order valence-corrected chi connectivity index (χ2v) is 6.14. The van der Waals surface area contributed by atoms with Crippen LogP contribution in [0.25, 0.3) is 0 Å². The molecular formula is C16H22F3N3O. The number of carbonyl (C=O) groups is 1. The molecule has 1 aliphatic heterocycles. The van der Waals surface area contributed by atoms with E-state index >= 15 is 0 Å². The molecule has 1 aliphatic rings. The fraction of sp³-hybridized carbons (Fsp3) is 0.625. The van der Waals surface area contributed by atoms with Crippen LogP contribution in [0.4, 0.5) is 13.2 Å². The Hall–Kier alpha value is -1.63. The van der Waals surface area contributed by atoms with Crippen LogP contribution in [0, 0.1) is 5.92 Å². The third-order valence-corrected chi connectivity index (χ3v) is 4.23. The second-order valence-electron chi connectivity index (χ2n) is 6.14. The van der Waals surface area contributed by atoms with E-state index in [1.54, 1.807) is 6.07 Å². The van der Waals surface area contributed by atoms with Crippen LogP contribution in [0.15, 0.2) is 24.4 Å². The van der Waals surface area contributed by atoms with Gasteiger partial charge in [0.1, 0.15) is 0 Å². The maximum atomic E-state index is 13.2. The van der Waals surface area contributed by atoms with Crippen molar-refractivity contribution >= 4 is 5.91 Å². The number of piperidine rings is 1. The van der Waals surface area contributed by atoms with E-state index in [-0.39, 0.29) is 11.6 Å².